The molecule has 3 heterocycles. The molecule has 5 aromatic rings. The molecule has 0 fully saturated rings. The first kappa shape index (κ1) is 35.1. The van der Waals surface area contributed by atoms with Gasteiger partial charge < -0.3 is 29.4 Å². The van der Waals surface area contributed by atoms with E-state index in [2.05, 4.69) is 58.8 Å². The van der Waals surface area contributed by atoms with Crippen molar-refractivity contribution >= 4 is 23.2 Å². The van der Waals surface area contributed by atoms with Crippen molar-refractivity contribution in [1.29, 1.82) is 0 Å². The average Bonchev–Trinajstić information content (AvgIpc) is 3.81. The molecule has 0 aliphatic carbocycles. The predicted molar refractivity (Wildman–Crippen MR) is 177 cm³/mol. The van der Waals surface area contributed by atoms with Gasteiger partial charge in [-0.3, -0.25) is 4.79 Å². The van der Waals surface area contributed by atoms with Crippen LogP contribution in [0.2, 0.25) is 0 Å². The number of aliphatic carboxylic acids is 1. The molecule has 0 saturated heterocycles. The number of ether oxygens (including phenoxy) is 2. The van der Waals surface area contributed by atoms with Gasteiger partial charge in [-0.05, 0) is 29.7 Å². The average molecular weight is 694 g/mol. The first-order valence-electron chi connectivity index (χ1n) is 15.4. The van der Waals surface area contributed by atoms with Crippen LogP contribution in [0, 0.1) is 0 Å². The van der Waals surface area contributed by atoms with Crippen molar-refractivity contribution in [1.82, 2.24) is 24.8 Å². The number of alkyl halides is 3. The highest BCUT2D eigenvalue weighted by Crippen LogP contribution is 2.32. The number of rotatable bonds is 12. The summed E-state index contributed by atoms with van der Waals surface area (Å²) in [6.45, 7) is 3.55. The zero-order chi connectivity index (χ0) is 34.6. The van der Waals surface area contributed by atoms with Crippen LogP contribution in [-0.2, 0) is 35.8 Å². The fraction of sp³-hybridized carbons (Fsp3) is 0.257. The quantitative estimate of drug-likeness (QED) is 0.159. The summed E-state index contributed by atoms with van der Waals surface area (Å²) in [6.07, 6.45) is 0.479. The molecule has 2 aromatic heterocycles. The summed E-state index contributed by atoms with van der Waals surface area (Å²) < 4.78 is 45.6. The number of halogens is 3. The van der Waals surface area contributed by atoms with Crippen molar-refractivity contribution in [3.05, 3.63) is 120 Å². The van der Waals surface area contributed by atoms with Gasteiger partial charge in [0.25, 0.3) is 5.91 Å². The molecule has 2 N–H and O–H groups in total. The normalized spacial score (nSPS) is 13.7. The number of benzene rings is 3. The number of carboxylic acid groups (broad SMARTS) is 1. The van der Waals surface area contributed by atoms with Gasteiger partial charge in [-0.25, -0.2) is 14.8 Å². The fourth-order valence-corrected chi connectivity index (χ4v) is 5.71. The van der Waals surface area contributed by atoms with Gasteiger partial charge in [-0.2, -0.15) is 13.2 Å². The summed E-state index contributed by atoms with van der Waals surface area (Å²) in [5, 5.41) is 13.6. The summed E-state index contributed by atoms with van der Waals surface area (Å²) in [5.74, 6) is -1.60. The maximum atomic E-state index is 13.7. The molecule has 1 aliphatic rings. The third kappa shape index (κ3) is 10.4. The lowest BCUT2D eigenvalue weighted by Gasteiger charge is -2.30. The second-order valence-corrected chi connectivity index (χ2v) is 11.9. The van der Waals surface area contributed by atoms with Crippen molar-refractivity contribution in [2.75, 3.05) is 13.2 Å². The zero-order valence-corrected chi connectivity index (χ0v) is 27.1. The molecule has 256 valence electrons. The maximum absolute atomic E-state index is 13.7. The van der Waals surface area contributed by atoms with Crippen molar-refractivity contribution < 1.29 is 37.3 Å². The Balaban J connectivity index is 0.000000606. The van der Waals surface area contributed by atoms with Crippen molar-refractivity contribution in [2.24, 2.45) is 0 Å². The van der Waals surface area contributed by atoms with Gasteiger partial charge in [0.05, 0.1) is 18.6 Å². The molecule has 1 amide bonds. The Bertz CT molecular complexity index is 1780. The minimum absolute atomic E-state index is 0.1000. The number of hydrogen-bond acceptors (Lipinski definition) is 8. The first-order valence-corrected chi connectivity index (χ1v) is 16.2. The van der Waals surface area contributed by atoms with Gasteiger partial charge in [0.1, 0.15) is 11.6 Å². The highest BCUT2D eigenvalue weighted by molar-refractivity contribution is 7.13. The van der Waals surface area contributed by atoms with E-state index < -0.39 is 18.2 Å². The van der Waals surface area contributed by atoms with Crippen LogP contribution in [0.4, 0.5) is 13.2 Å². The molecule has 3 aromatic carbocycles. The number of aromatic nitrogens is 3. The van der Waals surface area contributed by atoms with Crippen molar-refractivity contribution in [2.45, 2.75) is 44.9 Å². The second kappa shape index (κ2) is 16.8. The number of amides is 1. The second-order valence-electron chi connectivity index (χ2n) is 11.0. The summed E-state index contributed by atoms with van der Waals surface area (Å²) in [6, 6.07) is 26.3. The van der Waals surface area contributed by atoms with Crippen LogP contribution in [0.15, 0.2) is 103 Å². The predicted octanol–water partition coefficient (Wildman–Crippen LogP) is 6.19. The summed E-state index contributed by atoms with van der Waals surface area (Å²) >= 11 is 1.59. The Labute approximate surface area is 284 Å². The van der Waals surface area contributed by atoms with Gasteiger partial charge in [0.15, 0.2) is 11.5 Å². The molecule has 0 bridgehead atoms. The number of carboxylic acids is 1. The van der Waals surface area contributed by atoms with Crippen LogP contribution in [0.25, 0.3) is 10.6 Å². The van der Waals surface area contributed by atoms with Crippen LogP contribution in [0.1, 0.15) is 23.2 Å². The Morgan fingerprint density at radius 2 is 1.65 bits per heavy atom. The lowest BCUT2D eigenvalue weighted by atomic mass is 10.1. The van der Waals surface area contributed by atoms with Crippen LogP contribution in [-0.4, -0.2) is 61.8 Å². The van der Waals surface area contributed by atoms with E-state index in [0.717, 1.165) is 42.3 Å². The van der Waals surface area contributed by atoms with E-state index in [1.807, 2.05) is 51.4 Å². The molecule has 0 spiro atoms. The number of para-hydroxylation sites is 2. The Hall–Kier alpha value is -5.21. The topological polar surface area (TPSA) is 119 Å². The van der Waals surface area contributed by atoms with E-state index in [-0.39, 0.29) is 12.5 Å². The largest absolute Gasteiger partial charge is 0.490 e. The van der Waals surface area contributed by atoms with Gasteiger partial charge in [0.2, 0.25) is 6.10 Å². The highest BCUT2D eigenvalue weighted by atomic mass is 32.1. The molecule has 1 unspecified atom stereocenters. The van der Waals surface area contributed by atoms with Gasteiger partial charge in [0, 0.05) is 49.5 Å². The molecule has 49 heavy (non-hydrogen) atoms. The minimum Gasteiger partial charge on any atom is -0.485 e. The van der Waals surface area contributed by atoms with Gasteiger partial charge in [-0.15, -0.1) is 11.3 Å². The SMILES string of the molecule is O=C(C1COc2ccccc2O1)N(CCCn1ccnc1)Cc1csc(-c2ccc(CNCc3ccccc3)cc2)n1.O=C(O)C(F)(F)F. The number of carbonyl (C=O) groups is 2. The third-order valence-corrected chi connectivity index (χ3v) is 8.29. The van der Waals surface area contributed by atoms with Crippen LogP contribution in [0.5, 0.6) is 11.5 Å². The van der Waals surface area contributed by atoms with E-state index in [9.17, 15) is 18.0 Å². The fourth-order valence-electron chi connectivity index (χ4n) is 4.90. The Kier molecular flexibility index (Phi) is 12.0. The van der Waals surface area contributed by atoms with Crippen molar-refractivity contribution in [3.63, 3.8) is 0 Å². The molecular weight excluding hydrogens is 659 g/mol. The van der Waals surface area contributed by atoms with Crippen LogP contribution in [0.3, 0.4) is 0 Å². The number of carbonyl (C=O) groups excluding carboxylic acids is 1. The number of hydrogen-bond donors (Lipinski definition) is 2. The lowest BCUT2D eigenvalue weighted by molar-refractivity contribution is -0.192. The monoisotopic (exact) mass is 693 g/mol. The Morgan fingerprint density at radius 3 is 2.33 bits per heavy atom. The van der Waals surface area contributed by atoms with Crippen LogP contribution >= 0.6 is 11.3 Å². The molecule has 14 heteroatoms. The van der Waals surface area contributed by atoms with E-state index in [1.165, 1.54) is 11.1 Å². The van der Waals surface area contributed by atoms with Gasteiger partial charge in [-0.1, -0.05) is 66.7 Å². The number of aryl methyl sites for hydroxylation is 1. The molecular formula is C35H34F3N5O5S. The van der Waals surface area contributed by atoms with E-state index in [0.29, 0.717) is 24.6 Å². The zero-order valence-electron chi connectivity index (χ0n) is 26.3. The smallest absolute Gasteiger partial charge is 0.485 e. The number of nitrogens with one attached hydrogen (secondary N) is 1. The highest BCUT2D eigenvalue weighted by Gasteiger charge is 2.38. The standard InChI is InChI=1S/C33H33N5O3S.C2HF3O2/c39-33(31-22-40-29-9-4-5-10-30(29)41-31)38(17-6-16-37-18-15-34-24-37)21-28-23-42-32(36-28)27-13-11-26(12-14-27)20-35-19-25-7-2-1-3-8-25;3-2(4,5)1(6)7/h1-5,7-15,18,23-24,31,35H,6,16-17,19-22H2;(H,6,7). The molecule has 1 atom stereocenters. The van der Waals surface area contributed by atoms with Crippen molar-refractivity contribution in [3.8, 4) is 22.1 Å². The summed E-state index contributed by atoms with van der Waals surface area (Å²) in [4.78, 5) is 33.4. The number of thiazole rings is 1. The third-order valence-electron chi connectivity index (χ3n) is 7.35. The van der Waals surface area contributed by atoms with Gasteiger partial charge >= 0.3 is 12.1 Å². The Morgan fingerprint density at radius 1 is 0.980 bits per heavy atom. The molecule has 6 rings (SSSR count). The lowest BCUT2D eigenvalue weighted by Crippen LogP contribution is -2.46. The van der Waals surface area contributed by atoms with E-state index in [4.69, 9.17) is 24.4 Å². The summed E-state index contributed by atoms with van der Waals surface area (Å²) in [5.41, 5.74) is 4.41. The number of imidazole rings is 1. The number of fused-ring (bicyclic) bond motifs is 1. The van der Waals surface area contributed by atoms with Crippen LogP contribution < -0.4 is 14.8 Å². The minimum atomic E-state index is -5.08. The molecule has 0 radical (unpaired) electrons. The van der Waals surface area contributed by atoms with E-state index in [1.54, 1.807) is 23.9 Å². The maximum Gasteiger partial charge on any atom is 0.490 e. The summed E-state index contributed by atoms with van der Waals surface area (Å²) in [7, 11) is 0. The molecule has 1 aliphatic heterocycles. The first-order chi connectivity index (χ1) is 23.7. The molecule has 0 saturated carbocycles. The molecule has 10 nitrogen and oxygen atoms in total. The number of nitrogens with zero attached hydrogens (tertiary/aromatic N) is 4. The van der Waals surface area contributed by atoms with E-state index >= 15 is 0 Å².